The Morgan fingerprint density at radius 1 is 1.21 bits per heavy atom. The highest BCUT2D eigenvalue weighted by Gasteiger charge is 2.25. The highest BCUT2D eigenvalue weighted by atomic mass is 32.2. The molecule has 2 aromatic carbocycles. The summed E-state index contributed by atoms with van der Waals surface area (Å²) in [6, 6.07) is 14.8. The van der Waals surface area contributed by atoms with Gasteiger partial charge < -0.3 is 10.1 Å². The predicted molar refractivity (Wildman–Crippen MR) is 115 cm³/mol. The molecule has 156 valence electrons. The lowest BCUT2D eigenvalue weighted by Crippen LogP contribution is -2.42. The van der Waals surface area contributed by atoms with Crippen LogP contribution >= 0.6 is 0 Å². The van der Waals surface area contributed by atoms with Crippen molar-refractivity contribution in [3.8, 4) is 5.75 Å². The lowest BCUT2D eigenvalue weighted by Gasteiger charge is -2.28. The van der Waals surface area contributed by atoms with Crippen molar-refractivity contribution in [1.29, 1.82) is 0 Å². The van der Waals surface area contributed by atoms with Crippen molar-refractivity contribution < 1.29 is 17.9 Å². The highest BCUT2D eigenvalue weighted by molar-refractivity contribution is 7.92. The number of aryl methyl sites for hydroxylation is 1. The maximum absolute atomic E-state index is 12.8. The van der Waals surface area contributed by atoms with E-state index in [4.69, 9.17) is 4.74 Å². The SMILES string of the molecule is CC(C)Oc1cccc(N(CC(=O)N[C@H]2CCCc3ccccc32)S(C)(=O)=O)c1. The van der Waals surface area contributed by atoms with Crippen LogP contribution in [-0.4, -0.2) is 33.2 Å². The number of hydrogen-bond acceptors (Lipinski definition) is 4. The number of amides is 1. The number of rotatable bonds is 7. The van der Waals surface area contributed by atoms with Gasteiger partial charge in [-0.05, 0) is 56.4 Å². The molecule has 29 heavy (non-hydrogen) atoms. The summed E-state index contributed by atoms with van der Waals surface area (Å²) in [4.78, 5) is 12.8. The Morgan fingerprint density at radius 2 is 1.97 bits per heavy atom. The summed E-state index contributed by atoms with van der Waals surface area (Å²) in [5.74, 6) is 0.236. The third-order valence-corrected chi connectivity index (χ3v) is 6.01. The van der Waals surface area contributed by atoms with E-state index in [1.54, 1.807) is 24.3 Å². The van der Waals surface area contributed by atoms with Crippen molar-refractivity contribution in [3.05, 3.63) is 59.7 Å². The summed E-state index contributed by atoms with van der Waals surface area (Å²) in [7, 11) is -3.64. The van der Waals surface area contributed by atoms with Gasteiger partial charge in [-0.3, -0.25) is 9.10 Å². The minimum atomic E-state index is -3.64. The number of sulfonamides is 1. The fourth-order valence-electron chi connectivity index (χ4n) is 3.66. The van der Waals surface area contributed by atoms with Gasteiger partial charge in [-0.1, -0.05) is 30.3 Å². The number of nitrogens with zero attached hydrogens (tertiary/aromatic N) is 1. The number of ether oxygens (including phenoxy) is 1. The van der Waals surface area contributed by atoms with Crippen molar-refractivity contribution in [2.24, 2.45) is 0 Å². The second kappa shape index (κ2) is 8.86. The first-order chi connectivity index (χ1) is 13.7. The van der Waals surface area contributed by atoms with E-state index >= 15 is 0 Å². The van der Waals surface area contributed by atoms with E-state index < -0.39 is 10.0 Å². The number of benzene rings is 2. The summed E-state index contributed by atoms with van der Waals surface area (Å²) in [6.45, 7) is 3.52. The zero-order chi connectivity index (χ0) is 21.0. The van der Waals surface area contributed by atoms with Gasteiger partial charge in [0, 0.05) is 6.07 Å². The maximum atomic E-state index is 12.8. The molecule has 7 heteroatoms. The van der Waals surface area contributed by atoms with Gasteiger partial charge in [0.1, 0.15) is 12.3 Å². The van der Waals surface area contributed by atoms with Gasteiger partial charge in [0.2, 0.25) is 15.9 Å². The molecule has 0 saturated carbocycles. The predicted octanol–water partition coefficient (Wildman–Crippen LogP) is 3.43. The lowest BCUT2D eigenvalue weighted by atomic mass is 9.88. The smallest absolute Gasteiger partial charge is 0.241 e. The fourth-order valence-corrected chi connectivity index (χ4v) is 4.51. The van der Waals surface area contributed by atoms with Crippen molar-refractivity contribution in [3.63, 3.8) is 0 Å². The topological polar surface area (TPSA) is 75.7 Å². The maximum Gasteiger partial charge on any atom is 0.241 e. The Labute approximate surface area is 172 Å². The third kappa shape index (κ3) is 5.50. The standard InChI is InChI=1S/C22H28N2O4S/c1-16(2)28-19-11-7-10-18(14-19)24(29(3,26)27)15-22(25)23-21-13-6-9-17-8-4-5-12-20(17)21/h4-5,7-8,10-12,14,16,21H,6,9,13,15H2,1-3H3,(H,23,25)/t21-/m0/s1. The molecule has 0 unspecified atom stereocenters. The summed E-state index contributed by atoms with van der Waals surface area (Å²) >= 11 is 0. The monoisotopic (exact) mass is 416 g/mol. The minimum absolute atomic E-state index is 0.0356. The van der Waals surface area contributed by atoms with Crippen LogP contribution in [0, 0.1) is 0 Å². The molecule has 2 aromatic rings. The molecule has 1 atom stereocenters. The van der Waals surface area contributed by atoms with Crippen molar-refractivity contribution in [1.82, 2.24) is 5.32 Å². The Hall–Kier alpha value is -2.54. The zero-order valence-corrected chi connectivity index (χ0v) is 17.9. The van der Waals surface area contributed by atoms with E-state index in [-0.39, 0.29) is 24.6 Å². The van der Waals surface area contributed by atoms with Crippen molar-refractivity contribution in [2.75, 3.05) is 17.1 Å². The lowest BCUT2D eigenvalue weighted by molar-refractivity contribution is -0.120. The molecule has 0 aromatic heterocycles. The second-order valence-electron chi connectivity index (χ2n) is 7.64. The van der Waals surface area contributed by atoms with Crippen LogP contribution < -0.4 is 14.4 Å². The van der Waals surface area contributed by atoms with Gasteiger partial charge >= 0.3 is 0 Å². The largest absolute Gasteiger partial charge is 0.491 e. The molecule has 1 aliphatic carbocycles. The van der Waals surface area contributed by atoms with Gasteiger partial charge in [-0.15, -0.1) is 0 Å². The van der Waals surface area contributed by atoms with Crippen LogP contribution in [-0.2, 0) is 21.2 Å². The van der Waals surface area contributed by atoms with Crippen LogP contribution in [0.3, 0.4) is 0 Å². The highest BCUT2D eigenvalue weighted by Crippen LogP contribution is 2.29. The number of fused-ring (bicyclic) bond motifs is 1. The molecule has 0 saturated heterocycles. The van der Waals surface area contributed by atoms with Gasteiger partial charge in [-0.25, -0.2) is 8.42 Å². The molecule has 0 aliphatic heterocycles. The first-order valence-corrected chi connectivity index (χ1v) is 11.7. The van der Waals surface area contributed by atoms with Crippen molar-refractivity contribution in [2.45, 2.75) is 45.3 Å². The summed E-state index contributed by atoms with van der Waals surface area (Å²) in [5, 5.41) is 3.02. The molecule has 0 heterocycles. The number of hydrogen-bond donors (Lipinski definition) is 1. The van der Waals surface area contributed by atoms with Crippen molar-refractivity contribution >= 4 is 21.6 Å². The molecule has 0 fully saturated rings. The quantitative estimate of drug-likeness (QED) is 0.750. The van der Waals surface area contributed by atoms with Crippen LogP contribution in [0.15, 0.2) is 48.5 Å². The second-order valence-corrected chi connectivity index (χ2v) is 9.55. The first-order valence-electron chi connectivity index (χ1n) is 9.85. The molecule has 0 radical (unpaired) electrons. The van der Waals surface area contributed by atoms with Gasteiger partial charge in [0.15, 0.2) is 0 Å². The summed E-state index contributed by atoms with van der Waals surface area (Å²) in [6.07, 6.45) is 3.91. The zero-order valence-electron chi connectivity index (χ0n) is 17.1. The Bertz CT molecular complexity index is 972. The Morgan fingerprint density at radius 3 is 2.69 bits per heavy atom. The molecule has 0 bridgehead atoms. The molecule has 1 aliphatic rings. The normalized spacial score (nSPS) is 16.2. The molecule has 6 nitrogen and oxygen atoms in total. The van der Waals surface area contributed by atoms with E-state index in [1.807, 2.05) is 32.0 Å². The first kappa shape index (κ1) is 21.2. The van der Waals surface area contributed by atoms with Crippen LogP contribution in [0.5, 0.6) is 5.75 Å². The average Bonchev–Trinajstić information content (AvgIpc) is 2.65. The van der Waals surface area contributed by atoms with Crippen LogP contribution in [0.1, 0.15) is 43.9 Å². The van der Waals surface area contributed by atoms with E-state index in [0.717, 1.165) is 35.4 Å². The number of nitrogens with one attached hydrogen (secondary N) is 1. The molecule has 1 amide bonds. The van der Waals surface area contributed by atoms with E-state index in [1.165, 1.54) is 5.56 Å². The third-order valence-electron chi connectivity index (χ3n) is 4.87. The van der Waals surface area contributed by atoms with E-state index in [2.05, 4.69) is 11.4 Å². The molecule has 0 spiro atoms. The molecule has 3 rings (SSSR count). The van der Waals surface area contributed by atoms with Gasteiger partial charge in [-0.2, -0.15) is 0 Å². The summed E-state index contributed by atoms with van der Waals surface area (Å²) < 4.78 is 31.6. The molecular weight excluding hydrogens is 388 g/mol. The average molecular weight is 417 g/mol. The van der Waals surface area contributed by atoms with Gasteiger partial charge in [0.25, 0.3) is 0 Å². The minimum Gasteiger partial charge on any atom is -0.491 e. The number of carbonyl (C=O) groups is 1. The fraction of sp³-hybridized carbons (Fsp3) is 0.409. The Kier molecular flexibility index (Phi) is 6.47. The Balaban J connectivity index is 1.77. The summed E-state index contributed by atoms with van der Waals surface area (Å²) in [5.41, 5.74) is 2.76. The van der Waals surface area contributed by atoms with Crippen LogP contribution in [0.2, 0.25) is 0 Å². The molecule has 1 N–H and O–H groups in total. The number of anilines is 1. The van der Waals surface area contributed by atoms with E-state index in [0.29, 0.717) is 11.4 Å². The van der Waals surface area contributed by atoms with Crippen LogP contribution in [0.25, 0.3) is 0 Å². The molecular formula is C22H28N2O4S. The number of carbonyl (C=O) groups excluding carboxylic acids is 1. The van der Waals surface area contributed by atoms with Crippen LogP contribution in [0.4, 0.5) is 5.69 Å². The van der Waals surface area contributed by atoms with E-state index in [9.17, 15) is 13.2 Å². The van der Waals surface area contributed by atoms with Gasteiger partial charge in [0.05, 0.1) is 24.1 Å².